The van der Waals surface area contributed by atoms with Crippen LogP contribution in [0.25, 0.3) is 32.2 Å². The van der Waals surface area contributed by atoms with Gasteiger partial charge in [-0.25, -0.2) is 15.0 Å². The Bertz CT molecular complexity index is 1500. The van der Waals surface area contributed by atoms with Crippen LogP contribution >= 0.6 is 11.3 Å². The Labute approximate surface area is 206 Å². The number of anilines is 2. The zero-order chi connectivity index (χ0) is 23.8. The van der Waals surface area contributed by atoms with Gasteiger partial charge in [0.25, 0.3) is 0 Å². The van der Waals surface area contributed by atoms with E-state index in [4.69, 9.17) is 9.47 Å². The molecule has 0 unspecified atom stereocenters. The maximum Gasteiger partial charge on any atom is 0.145 e. The lowest BCUT2D eigenvalue weighted by atomic mass is 10.0. The predicted octanol–water partition coefficient (Wildman–Crippen LogP) is 4.14. The van der Waals surface area contributed by atoms with Crippen molar-refractivity contribution in [1.29, 1.82) is 0 Å². The van der Waals surface area contributed by atoms with Gasteiger partial charge in [-0.2, -0.15) is 5.10 Å². The van der Waals surface area contributed by atoms with Crippen LogP contribution in [0.15, 0.2) is 54.6 Å². The Balaban J connectivity index is 1.46. The molecule has 9 nitrogen and oxygen atoms in total. The van der Waals surface area contributed by atoms with Gasteiger partial charge >= 0.3 is 0 Å². The lowest BCUT2D eigenvalue weighted by Gasteiger charge is -2.32. The Kier molecular flexibility index (Phi) is 5.77. The minimum absolute atomic E-state index is 0.00289. The van der Waals surface area contributed by atoms with Crippen molar-refractivity contribution in [3.05, 3.63) is 54.6 Å². The first-order chi connectivity index (χ1) is 17.2. The van der Waals surface area contributed by atoms with E-state index >= 15 is 0 Å². The molecule has 3 aromatic heterocycles. The number of ether oxygens (including phenoxy) is 2. The summed E-state index contributed by atoms with van der Waals surface area (Å²) in [6.07, 6.45) is 6.15. The molecule has 0 aliphatic carbocycles. The van der Waals surface area contributed by atoms with Crippen molar-refractivity contribution in [2.45, 2.75) is 18.6 Å². The molecule has 0 saturated carbocycles. The number of aromatic nitrogens is 5. The zero-order valence-corrected chi connectivity index (χ0v) is 20.2. The normalized spacial score (nSPS) is 18.2. The number of nitrogens with zero attached hydrogens (tertiary/aromatic N) is 5. The number of rotatable bonds is 6. The molecule has 5 aromatic rings. The van der Waals surface area contributed by atoms with Gasteiger partial charge < -0.3 is 20.1 Å². The molecule has 1 aliphatic rings. The smallest absolute Gasteiger partial charge is 0.145 e. The molecule has 2 N–H and O–H groups in total. The van der Waals surface area contributed by atoms with Crippen LogP contribution < -0.4 is 15.4 Å². The number of hydrogen-bond acceptors (Lipinski definition) is 9. The summed E-state index contributed by atoms with van der Waals surface area (Å²) in [5.74, 6) is 1.39. The molecule has 178 valence electrons. The van der Waals surface area contributed by atoms with Gasteiger partial charge in [-0.15, -0.1) is 11.3 Å². The van der Waals surface area contributed by atoms with Crippen molar-refractivity contribution in [3.8, 4) is 16.9 Å². The van der Waals surface area contributed by atoms with E-state index in [1.54, 1.807) is 29.5 Å². The van der Waals surface area contributed by atoms with Crippen LogP contribution in [0, 0.1) is 0 Å². The van der Waals surface area contributed by atoms with E-state index in [0.717, 1.165) is 50.9 Å². The third kappa shape index (κ3) is 4.31. The molecule has 35 heavy (non-hydrogen) atoms. The summed E-state index contributed by atoms with van der Waals surface area (Å²) in [6, 6.07) is 10.2. The summed E-state index contributed by atoms with van der Waals surface area (Å²) in [5.41, 5.74) is 6.52. The van der Waals surface area contributed by atoms with Crippen LogP contribution in [0.3, 0.4) is 0 Å². The fourth-order valence-electron chi connectivity index (χ4n) is 4.50. The minimum atomic E-state index is -0.136. The molecule has 0 radical (unpaired) electrons. The number of fused-ring (bicyclic) bond motifs is 2. The van der Waals surface area contributed by atoms with Crippen molar-refractivity contribution in [3.63, 3.8) is 0 Å². The molecule has 1 saturated heterocycles. The molecule has 4 heterocycles. The van der Waals surface area contributed by atoms with Gasteiger partial charge in [0.2, 0.25) is 0 Å². The lowest BCUT2D eigenvalue weighted by molar-refractivity contribution is -0.0146. The molecule has 0 bridgehead atoms. The van der Waals surface area contributed by atoms with Gasteiger partial charge in [0.05, 0.1) is 38.9 Å². The highest BCUT2D eigenvalue weighted by Crippen LogP contribution is 2.37. The van der Waals surface area contributed by atoms with Crippen molar-refractivity contribution >= 4 is 44.0 Å². The van der Waals surface area contributed by atoms with Crippen LogP contribution in [0.5, 0.6) is 5.75 Å². The van der Waals surface area contributed by atoms with Crippen molar-refractivity contribution in [2.24, 2.45) is 7.05 Å². The molecule has 0 amide bonds. The Morgan fingerprint density at radius 2 is 2.03 bits per heavy atom. The highest BCUT2D eigenvalue weighted by molar-refractivity contribution is 7.16. The number of piperidine rings is 1. The molecule has 2 atom stereocenters. The maximum absolute atomic E-state index is 6.63. The maximum atomic E-state index is 6.63. The Hall–Kier alpha value is -3.60. The molecule has 10 heteroatoms. The Morgan fingerprint density at radius 1 is 1.09 bits per heavy atom. The number of benzene rings is 2. The molecular formula is C25H25N7O2S. The topological polar surface area (TPSA) is 99.0 Å². The first-order valence-corrected chi connectivity index (χ1v) is 12.3. The summed E-state index contributed by atoms with van der Waals surface area (Å²) in [7, 11) is 3.64. The van der Waals surface area contributed by atoms with Crippen LogP contribution in [-0.4, -0.2) is 57.1 Å². The van der Waals surface area contributed by atoms with E-state index in [1.807, 2.05) is 49.2 Å². The summed E-state index contributed by atoms with van der Waals surface area (Å²) < 4.78 is 15.3. The second kappa shape index (κ2) is 9.21. The van der Waals surface area contributed by atoms with Crippen LogP contribution in [0.2, 0.25) is 0 Å². The third-order valence-electron chi connectivity index (χ3n) is 6.28. The zero-order valence-electron chi connectivity index (χ0n) is 19.4. The van der Waals surface area contributed by atoms with Crippen molar-refractivity contribution in [2.75, 3.05) is 25.5 Å². The van der Waals surface area contributed by atoms with Gasteiger partial charge in [0.15, 0.2) is 0 Å². The number of nitrogens with one attached hydrogen (secondary N) is 2. The number of thiazole rings is 1. The van der Waals surface area contributed by atoms with Crippen molar-refractivity contribution < 1.29 is 9.47 Å². The van der Waals surface area contributed by atoms with Gasteiger partial charge in [0, 0.05) is 38.1 Å². The minimum Gasteiger partial charge on any atom is -0.486 e. The number of aryl methyl sites for hydroxylation is 1. The molecule has 1 fully saturated rings. The monoisotopic (exact) mass is 487 g/mol. The number of hydrogen-bond donors (Lipinski definition) is 2. The van der Waals surface area contributed by atoms with Gasteiger partial charge in [-0.3, -0.25) is 4.68 Å². The fourth-order valence-corrected chi connectivity index (χ4v) is 5.22. The lowest BCUT2D eigenvalue weighted by Crippen LogP contribution is -2.48. The molecular weight excluding hydrogens is 462 g/mol. The fraction of sp³-hybridized carbons (Fsp3) is 0.280. The quantitative estimate of drug-likeness (QED) is 0.369. The molecule has 2 aromatic carbocycles. The van der Waals surface area contributed by atoms with Gasteiger partial charge in [-0.05, 0) is 48.9 Å². The largest absolute Gasteiger partial charge is 0.486 e. The van der Waals surface area contributed by atoms with Gasteiger partial charge in [0.1, 0.15) is 24.0 Å². The van der Waals surface area contributed by atoms with E-state index in [1.165, 1.54) is 0 Å². The van der Waals surface area contributed by atoms with Gasteiger partial charge in [-0.1, -0.05) is 0 Å². The van der Waals surface area contributed by atoms with Crippen LogP contribution in [0.1, 0.15) is 6.42 Å². The highest BCUT2D eigenvalue weighted by Gasteiger charge is 2.28. The molecule has 6 rings (SSSR count). The first-order valence-electron chi connectivity index (χ1n) is 11.5. The second-order valence-corrected chi connectivity index (χ2v) is 9.46. The number of methoxy groups -OCH3 is 1. The summed E-state index contributed by atoms with van der Waals surface area (Å²) in [6.45, 7) is 1.61. The third-order valence-corrected chi connectivity index (χ3v) is 7.07. The Morgan fingerprint density at radius 3 is 2.89 bits per heavy atom. The first kappa shape index (κ1) is 21.9. The van der Waals surface area contributed by atoms with E-state index in [2.05, 4.69) is 36.8 Å². The van der Waals surface area contributed by atoms with Crippen LogP contribution in [-0.2, 0) is 11.8 Å². The molecule has 1 aliphatic heterocycles. The average molecular weight is 488 g/mol. The summed E-state index contributed by atoms with van der Waals surface area (Å²) >= 11 is 1.61. The summed E-state index contributed by atoms with van der Waals surface area (Å²) in [5, 5.41) is 12.1. The predicted molar refractivity (Wildman–Crippen MR) is 137 cm³/mol. The van der Waals surface area contributed by atoms with Crippen molar-refractivity contribution in [1.82, 2.24) is 30.0 Å². The van der Waals surface area contributed by atoms with E-state index in [-0.39, 0.29) is 12.2 Å². The highest BCUT2D eigenvalue weighted by atomic mass is 32.1. The van der Waals surface area contributed by atoms with E-state index < -0.39 is 0 Å². The van der Waals surface area contributed by atoms with E-state index in [9.17, 15) is 0 Å². The standard InChI is InChI=1S/C25H25N7O2S/c1-32-12-16(10-30-32)15-7-19-24(21(8-15)34-22-11-26-6-5-20(22)33-2)25(28-13-27-19)31-17-3-4-18-23(9-17)35-14-29-18/h3-4,7-10,12-14,20,22,26H,5-6,11H2,1-2H3,(H,27,28,31)/t20-,22-/m1/s1. The van der Waals surface area contributed by atoms with Crippen LogP contribution in [0.4, 0.5) is 11.5 Å². The summed E-state index contributed by atoms with van der Waals surface area (Å²) in [4.78, 5) is 13.6. The SMILES string of the molecule is CO[C@@H]1CCNC[C@H]1Oc1cc(-c2cnn(C)c2)cc2ncnc(Nc3ccc4ncsc4c3)c12. The molecule has 0 spiro atoms. The average Bonchev–Trinajstić information content (AvgIpc) is 3.53. The van der Waals surface area contributed by atoms with E-state index in [0.29, 0.717) is 18.1 Å². The second-order valence-electron chi connectivity index (χ2n) is 8.58.